The minimum atomic E-state index is -3.41. The fourth-order valence-corrected chi connectivity index (χ4v) is 5.09. The molecule has 0 unspecified atom stereocenters. The molecule has 0 heterocycles. The van der Waals surface area contributed by atoms with Gasteiger partial charge in [-0.05, 0) is 60.5 Å². The molecule has 3 amide bonds. The Kier molecular flexibility index (Phi) is 9.19. The molecule has 1 atom stereocenters. The number of carbonyl (C=O) groups is 2. The van der Waals surface area contributed by atoms with Crippen molar-refractivity contribution >= 4 is 33.2 Å². The van der Waals surface area contributed by atoms with E-state index in [2.05, 4.69) is 16.0 Å². The van der Waals surface area contributed by atoms with E-state index in [1.807, 2.05) is 37.3 Å². The van der Waals surface area contributed by atoms with Crippen LogP contribution >= 0.6 is 0 Å². The predicted molar refractivity (Wildman–Crippen MR) is 157 cm³/mol. The average molecular weight is 558 g/mol. The van der Waals surface area contributed by atoms with Crippen LogP contribution in [-0.4, -0.2) is 39.3 Å². The van der Waals surface area contributed by atoms with E-state index < -0.39 is 27.8 Å². The van der Waals surface area contributed by atoms with Crippen LogP contribution in [0.15, 0.2) is 108 Å². The molecule has 0 aliphatic carbocycles. The van der Waals surface area contributed by atoms with Crippen LogP contribution in [0.2, 0.25) is 0 Å². The van der Waals surface area contributed by atoms with Gasteiger partial charge >= 0.3 is 6.03 Å². The van der Waals surface area contributed by atoms with Crippen molar-refractivity contribution < 1.29 is 22.7 Å². The zero-order valence-electron chi connectivity index (χ0n) is 22.3. The molecule has 40 heavy (non-hydrogen) atoms. The van der Waals surface area contributed by atoms with Gasteiger partial charge in [-0.2, -0.15) is 0 Å². The number of nitrogens with one attached hydrogen (secondary N) is 3. The number of anilines is 2. The van der Waals surface area contributed by atoms with E-state index in [1.54, 1.807) is 72.8 Å². The molecule has 0 saturated heterocycles. The molecule has 0 radical (unpaired) electrons. The summed E-state index contributed by atoms with van der Waals surface area (Å²) in [6.07, 6.45) is 1.45. The van der Waals surface area contributed by atoms with Crippen molar-refractivity contribution in [2.75, 3.05) is 23.5 Å². The zero-order valence-corrected chi connectivity index (χ0v) is 23.1. The Morgan fingerprint density at radius 2 is 1.38 bits per heavy atom. The first-order valence-corrected chi connectivity index (χ1v) is 14.7. The summed E-state index contributed by atoms with van der Waals surface area (Å²) in [5.74, 6) is 0.301. The highest BCUT2D eigenvalue weighted by Crippen LogP contribution is 2.28. The van der Waals surface area contributed by atoms with Gasteiger partial charge in [-0.3, -0.25) is 4.79 Å². The first-order chi connectivity index (χ1) is 19.2. The average Bonchev–Trinajstić information content (AvgIpc) is 2.94. The molecule has 206 valence electrons. The molecule has 9 heteroatoms. The number of hydrogen-bond acceptors (Lipinski definition) is 5. The van der Waals surface area contributed by atoms with Gasteiger partial charge in [0.25, 0.3) is 0 Å². The van der Waals surface area contributed by atoms with Crippen LogP contribution in [0.5, 0.6) is 5.75 Å². The highest BCUT2D eigenvalue weighted by Gasteiger charge is 2.22. The predicted octanol–water partition coefficient (Wildman–Crippen LogP) is 5.53. The third-order valence-corrected chi connectivity index (χ3v) is 7.23. The highest BCUT2D eigenvalue weighted by molar-refractivity contribution is 7.90. The molecule has 4 rings (SSSR count). The van der Waals surface area contributed by atoms with E-state index in [-0.39, 0.29) is 11.3 Å². The summed E-state index contributed by atoms with van der Waals surface area (Å²) in [5.41, 5.74) is 3.24. The van der Waals surface area contributed by atoms with Crippen molar-refractivity contribution in [2.24, 2.45) is 0 Å². The van der Waals surface area contributed by atoms with Crippen molar-refractivity contribution in [1.29, 1.82) is 0 Å². The summed E-state index contributed by atoms with van der Waals surface area (Å²) in [4.78, 5) is 26.4. The second kappa shape index (κ2) is 12.9. The SMILES string of the molecule is CCOc1ccc(NC(=O)N[C@@H](Cc2ccccc2)C(=O)Nc2ccc(-c3ccccc3S(C)(=O)=O)cc2)cc1. The number of rotatable bonds is 10. The van der Waals surface area contributed by atoms with Crippen LogP contribution < -0.4 is 20.7 Å². The maximum Gasteiger partial charge on any atom is 0.319 e. The van der Waals surface area contributed by atoms with E-state index in [0.717, 1.165) is 5.56 Å². The molecule has 0 saturated carbocycles. The third-order valence-electron chi connectivity index (χ3n) is 6.08. The second-order valence-electron chi connectivity index (χ2n) is 9.13. The van der Waals surface area contributed by atoms with Crippen LogP contribution in [0.25, 0.3) is 11.1 Å². The topological polar surface area (TPSA) is 114 Å². The monoisotopic (exact) mass is 557 g/mol. The number of carbonyl (C=O) groups excluding carboxylic acids is 2. The summed E-state index contributed by atoms with van der Waals surface area (Å²) in [7, 11) is -3.41. The van der Waals surface area contributed by atoms with Crippen molar-refractivity contribution in [2.45, 2.75) is 24.3 Å². The molecule has 3 N–H and O–H groups in total. The maximum atomic E-state index is 13.3. The molecule has 0 fully saturated rings. The number of ether oxygens (including phenoxy) is 1. The van der Waals surface area contributed by atoms with Crippen molar-refractivity contribution in [3.05, 3.63) is 109 Å². The number of amides is 3. The lowest BCUT2D eigenvalue weighted by Crippen LogP contribution is -2.46. The molecular formula is C31H31N3O5S. The summed E-state index contributed by atoms with van der Waals surface area (Å²) in [5, 5.41) is 8.39. The zero-order chi connectivity index (χ0) is 28.5. The molecule has 0 spiro atoms. The standard InChI is InChI=1S/C31H31N3O5S/c1-3-39-26-19-17-25(18-20-26)33-31(36)34-28(21-22-9-5-4-6-10-22)30(35)32-24-15-13-23(14-16-24)27-11-7-8-12-29(27)40(2,37)38/h4-20,28H,3,21H2,1-2H3,(H,32,35)(H2,33,34,36)/t28-/m0/s1. The number of benzene rings is 4. The molecule has 0 aliphatic rings. The van der Waals surface area contributed by atoms with Crippen LogP contribution in [0.4, 0.5) is 16.2 Å². The van der Waals surface area contributed by atoms with Crippen molar-refractivity contribution in [3.63, 3.8) is 0 Å². The summed E-state index contributed by atoms with van der Waals surface area (Å²) in [6, 6.07) is 28.6. The summed E-state index contributed by atoms with van der Waals surface area (Å²) in [6.45, 7) is 2.43. The van der Waals surface area contributed by atoms with Gasteiger partial charge in [-0.1, -0.05) is 60.7 Å². The first kappa shape index (κ1) is 28.4. The summed E-state index contributed by atoms with van der Waals surface area (Å²) >= 11 is 0. The third kappa shape index (κ3) is 7.70. The first-order valence-electron chi connectivity index (χ1n) is 12.8. The van der Waals surface area contributed by atoms with Gasteiger partial charge < -0.3 is 20.7 Å². The van der Waals surface area contributed by atoms with Gasteiger partial charge in [-0.25, -0.2) is 13.2 Å². The Balaban J connectivity index is 1.48. The Hall–Kier alpha value is -4.63. The lowest BCUT2D eigenvalue weighted by atomic mass is 10.0. The van der Waals surface area contributed by atoms with Crippen LogP contribution in [0.1, 0.15) is 12.5 Å². The fraction of sp³-hybridized carbons (Fsp3) is 0.161. The lowest BCUT2D eigenvalue weighted by Gasteiger charge is -2.19. The van der Waals surface area contributed by atoms with E-state index >= 15 is 0 Å². The second-order valence-corrected chi connectivity index (χ2v) is 11.1. The van der Waals surface area contributed by atoms with Gasteiger partial charge in [0.2, 0.25) is 5.91 Å². The smallest absolute Gasteiger partial charge is 0.319 e. The van der Waals surface area contributed by atoms with Crippen molar-refractivity contribution in [3.8, 4) is 16.9 Å². The number of hydrogen-bond donors (Lipinski definition) is 3. The van der Waals surface area contributed by atoms with E-state index in [0.29, 0.717) is 34.9 Å². The van der Waals surface area contributed by atoms with Gasteiger partial charge in [0, 0.05) is 29.6 Å². The largest absolute Gasteiger partial charge is 0.494 e. The molecule has 4 aromatic rings. The molecule has 4 aromatic carbocycles. The van der Waals surface area contributed by atoms with Crippen LogP contribution in [0, 0.1) is 0 Å². The Bertz CT molecular complexity index is 1560. The molecular weight excluding hydrogens is 526 g/mol. The molecule has 0 aliphatic heterocycles. The molecule has 8 nitrogen and oxygen atoms in total. The Morgan fingerprint density at radius 1 is 0.775 bits per heavy atom. The number of sulfone groups is 1. The Labute approximate surface area is 234 Å². The highest BCUT2D eigenvalue weighted by atomic mass is 32.2. The van der Waals surface area contributed by atoms with Crippen LogP contribution in [-0.2, 0) is 21.1 Å². The molecule has 0 bridgehead atoms. The Morgan fingerprint density at radius 3 is 2.02 bits per heavy atom. The van der Waals surface area contributed by atoms with Crippen molar-refractivity contribution in [1.82, 2.24) is 5.32 Å². The maximum absolute atomic E-state index is 13.3. The van der Waals surface area contributed by atoms with Gasteiger partial charge in [0.15, 0.2) is 9.84 Å². The van der Waals surface area contributed by atoms with Gasteiger partial charge in [-0.15, -0.1) is 0 Å². The minimum Gasteiger partial charge on any atom is -0.494 e. The normalized spacial score (nSPS) is 11.8. The minimum absolute atomic E-state index is 0.234. The van der Waals surface area contributed by atoms with Crippen LogP contribution in [0.3, 0.4) is 0 Å². The quantitative estimate of drug-likeness (QED) is 0.237. The van der Waals surface area contributed by atoms with Gasteiger partial charge in [0.1, 0.15) is 11.8 Å². The van der Waals surface area contributed by atoms with E-state index in [4.69, 9.17) is 4.74 Å². The van der Waals surface area contributed by atoms with E-state index in [9.17, 15) is 18.0 Å². The van der Waals surface area contributed by atoms with E-state index in [1.165, 1.54) is 6.26 Å². The lowest BCUT2D eigenvalue weighted by molar-refractivity contribution is -0.117. The fourth-order valence-electron chi connectivity index (χ4n) is 4.18. The molecule has 0 aromatic heterocycles. The summed E-state index contributed by atoms with van der Waals surface area (Å²) < 4.78 is 29.8. The number of urea groups is 1. The van der Waals surface area contributed by atoms with Gasteiger partial charge in [0.05, 0.1) is 11.5 Å².